The molecule has 0 unspecified atom stereocenters. The summed E-state index contributed by atoms with van der Waals surface area (Å²) in [6.07, 6.45) is 1.60. The number of esters is 2. The molecular formula is C23H17NO5. The minimum absolute atomic E-state index is 0.176. The number of aliphatic imine (C=N–C) groups is 1. The maximum absolute atomic E-state index is 12.4. The van der Waals surface area contributed by atoms with Gasteiger partial charge < -0.3 is 14.2 Å². The number of rotatable bonds is 4. The van der Waals surface area contributed by atoms with Crippen molar-refractivity contribution in [1.29, 1.82) is 0 Å². The summed E-state index contributed by atoms with van der Waals surface area (Å²) in [5, 5.41) is 1.99. The van der Waals surface area contributed by atoms with Gasteiger partial charge in [0.15, 0.2) is 17.2 Å². The highest BCUT2D eigenvalue weighted by Gasteiger charge is 2.25. The van der Waals surface area contributed by atoms with Gasteiger partial charge in [-0.05, 0) is 40.6 Å². The lowest BCUT2D eigenvalue weighted by molar-refractivity contribution is -0.132. The van der Waals surface area contributed by atoms with Crippen LogP contribution in [0, 0.1) is 0 Å². The Hall–Kier alpha value is -3.93. The number of cyclic esters (lactones) is 1. The monoisotopic (exact) mass is 387 g/mol. The Morgan fingerprint density at radius 3 is 2.62 bits per heavy atom. The van der Waals surface area contributed by atoms with E-state index in [9.17, 15) is 9.59 Å². The summed E-state index contributed by atoms with van der Waals surface area (Å²) < 4.78 is 15.8. The number of benzene rings is 3. The van der Waals surface area contributed by atoms with Crippen LogP contribution < -0.4 is 9.47 Å². The van der Waals surface area contributed by atoms with Crippen molar-refractivity contribution < 1.29 is 23.8 Å². The average Bonchev–Trinajstić information content (AvgIpc) is 3.08. The van der Waals surface area contributed by atoms with E-state index in [0.29, 0.717) is 17.1 Å². The molecule has 1 aliphatic rings. The quantitative estimate of drug-likeness (QED) is 0.382. The van der Waals surface area contributed by atoms with Crippen molar-refractivity contribution >= 4 is 34.7 Å². The fourth-order valence-corrected chi connectivity index (χ4v) is 3.11. The van der Waals surface area contributed by atoms with E-state index in [1.165, 1.54) is 14.0 Å². The lowest BCUT2D eigenvalue weighted by Crippen LogP contribution is -2.06. The molecule has 0 fully saturated rings. The summed E-state index contributed by atoms with van der Waals surface area (Å²) in [6.45, 7) is 1.31. The summed E-state index contributed by atoms with van der Waals surface area (Å²) in [5.41, 5.74) is 1.59. The molecule has 1 aliphatic heterocycles. The first-order valence-corrected chi connectivity index (χ1v) is 8.92. The lowest BCUT2D eigenvalue weighted by atomic mass is 10.0. The molecule has 0 saturated heterocycles. The zero-order valence-electron chi connectivity index (χ0n) is 15.8. The molecule has 1 heterocycles. The molecule has 4 rings (SSSR count). The van der Waals surface area contributed by atoms with Gasteiger partial charge in [0.25, 0.3) is 0 Å². The van der Waals surface area contributed by atoms with Gasteiger partial charge in [-0.25, -0.2) is 9.79 Å². The third-order valence-corrected chi connectivity index (χ3v) is 4.39. The third-order valence-electron chi connectivity index (χ3n) is 4.39. The molecule has 0 radical (unpaired) electrons. The van der Waals surface area contributed by atoms with E-state index >= 15 is 0 Å². The van der Waals surface area contributed by atoms with Crippen molar-refractivity contribution in [3.05, 3.63) is 77.5 Å². The second-order valence-electron chi connectivity index (χ2n) is 6.37. The van der Waals surface area contributed by atoms with Gasteiger partial charge in [-0.1, -0.05) is 42.5 Å². The van der Waals surface area contributed by atoms with E-state index < -0.39 is 11.9 Å². The van der Waals surface area contributed by atoms with Crippen molar-refractivity contribution in [2.24, 2.45) is 4.99 Å². The van der Waals surface area contributed by atoms with E-state index in [1.54, 1.807) is 24.3 Å². The third kappa shape index (κ3) is 3.73. The van der Waals surface area contributed by atoms with Gasteiger partial charge in [-0.2, -0.15) is 0 Å². The molecule has 0 aliphatic carbocycles. The van der Waals surface area contributed by atoms with Crippen LogP contribution in [-0.2, 0) is 14.3 Å². The Balaban J connectivity index is 1.70. The maximum Gasteiger partial charge on any atom is 0.363 e. The molecule has 6 heteroatoms. The molecule has 3 aromatic rings. The van der Waals surface area contributed by atoms with Crippen LogP contribution in [0.15, 0.2) is 71.4 Å². The smallest absolute Gasteiger partial charge is 0.363 e. The molecule has 3 aromatic carbocycles. The number of carbonyl (C=O) groups is 2. The Kier molecular flexibility index (Phi) is 4.83. The first-order chi connectivity index (χ1) is 14.0. The fraction of sp³-hybridized carbons (Fsp3) is 0.0870. The zero-order chi connectivity index (χ0) is 20.4. The maximum atomic E-state index is 12.4. The minimum Gasteiger partial charge on any atom is -0.493 e. The van der Waals surface area contributed by atoms with Gasteiger partial charge in [-0.3, -0.25) is 4.79 Å². The number of nitrogens with zero attached hydrogens (tertiary/aromatic N) is 1. The highest BCUT2D eigenvalue weighted by atomic mass is 16.6. The summed E-state index contributed by atoms with van der Waals surface area (Å²) in [6, 6.07) is 18.5. The summed E-state index contributed by atoms with van der Waals surface area (Å²) in [5.74, 6) is -0.0362. The summed E-state index contributed by atoms with van der Waals surface area (Å²) in [4.78, 5) is 27.9. The number of hydrogen-bond donors (Lipinski definition) is 0. The van der Waals surface area contributed by atoms with Crippen LogP contribution in [0.4, 0.5) is 0 Å². The molecule has 0 amide bonds. The Bertz CT molecular complexity index is 1190. The SMILES string of the molecule is COc1cc(/C=C2/N=C(c3cccc4ccccc34)OC2=O)ccc1OC(C)=O. The Morgan fingerprint density at radius 2 is 1.83 bits per heavy atom. The molecule has 0 aromatic heterocycles. The topological polar surface area (TPSA) is 74.2 Å². The van der Waals surface area contributed by atoms with Crippen LogP contribution in [-0.4, -0.2) is 24.9 Å². The molecule has 0 N–H and O–H groups in total. The van der Waals surface area contributed by atoms with Crippen molar-refractivity contribution in [2.75, 3.05) is 7.11 Å². The van der Waals surface area contributed by atoms with Crippen molar-refractivity contribution in [2.45, 2.75) is 6.92 Å². The number of carbonyl (C=O) groups excluding carboxylic acids is 2. The molecule has 6 nitrogen and oxygen atoms in total. The number of hydrogen-bond acceptors (Lipinski definition) is 6. The predicted molar refractivity (Wildman–Crippen MR) is 109 cm³/mol. The molecule has 0 atom stereocenters. The van der Waals surface area contributed by atoms with Gasteiger partial charge in [0.05, 0.1) is 7.11 Å². The van der Waals surface area contributed by atoms with E-state index in [0.717, 1.165) is 16.3 Å². The van der Waals surface area contributed by atoms with Gasteiger partial charge in [0, 0.05) is 12.5 Å². The largest absolute Gasteiger partial charge is 0.493 e. The number of ether oxygens (including phenoxy) is 3. The van der Waals surface area contributed by atoms with Gasteiger partial charge in [0.1, 0.15) is 0 Å². The van der Waals surface area contributed by atoms with Gasteiger partial charge in [0.2, 0.25) is 5.90 Å². The van der Waals surface area contributed by atoms with Crippen LogP contribution in [0.1, 0.15) is 18.1 Å². The lowest BCUT2D eigenvalue weighted by Gasteiger charge is -2.08. The predicted octanol–water partition coefficient (Wildman–Crippen LogP) is 4.12. The first-order valence-electron chi connectivity index (χ1n) is 8.92. The van der Waals surface area contributed by atoms with E-state index in [-0.39, 0.29) is 11.6 Å². The van der Waals surface area contributed by atoms with Crippen molar-refractivity contribution in [3.8, 4) is 11.5 Å². The first kappa shape index (κ1) is 18.4. The Labute approximate surface area is 167 Å². The number of methoxy groups -OCH3 is 1. The van der Waals surface area contributed by atoms with Crippen LogP contribution in [0.2, 0.25) is 0 Å². The van der Waals surface area contributed by atoms with Crippen LogP contribution >= 0.6 is 0 Å². The van der Waals surface area contributed by atoms with Crippen molar-refractivity contribution in [1.82, 2.24) is 0 Å². The highest BCUT2D eigenvalue weighted by molar-refractivity contribution is 6.17. The normalized spacial score (nSPS) is 14.6. The van der Waals surface area contributed by atoms with Crippen LogP contribution in [0.5, 0.6) is 11.5 Å². The zero-order valence-corrected chi connectivity index (χ0v) is 15.8. The van der Waals surface area contributed by atoms with Gasteiger partial charge >= 0.3 is 11.9 Å². The van der Waals surface area contributed by atoms with E-state index in [4.69, 9.17) is 14.2 Å². The van der Waals surface area contributed by atoms with E-state index in [2.05, 4.69) is 4.99 Å². The summed E-state index contributed by atoms with van der Waals surface area (Å²) in [7, 11) is 1.47. The molecule has 144 valence electrons. The van der Waals surface area contributed by atoms with Crippen LogP contribution in [0.3, 0.4) is 0 Å². The highest BCUT2D eigenvalue weighted by Crippen LogP contribution is 2.30. The number of fused-ring (bicyclic) bond motifs is 1. The van der Waals surface area contributed by atoms with Gasteiger partial charge in [-0.15, -0.1) is 0 Å². The molecule has 0 bridgehead atoms. The van der Waals surface area contributed by atoms with Crippen molar-refractivity contribution in [3.63, 3.8) is 0 Å². The fourth-order valence-electron chi connectivity index (χ4n) is 3.11. The minimum atomic E-state index is -0.532. The standard InChI is InChI=1S/C23H17NO5/c1-14(25)28-20-11-10-15(13-21(20)27-2)12-19-23(26)29-22(24-19)18-9-5-7-16-6-3-4-8-17(16)18/h3-13H,1-2H3/b19-12+. The summed E-state index contributed by atoms with van der Waals surface area (Å²) >= 11 is 0. The molecule has 0 saturated carbocycles. The second-order valence-corrected chi connectivity index (χ2v) is 6.37. The Morgan fingerprint density at radius 1 is 1.03 bits per heavy atom. The molecular weight excluding hydrogens is 370 g/mol. The van der Waals surface area contributed by atoms with E-state index in [1.807, 2.05) is 42.5 Å². The van der Waals surface area contributed by atoms with Crippen LogP contribution in [0.25, 0.3) is 16.8 Å². The molecule has 29 heavy (non-hydrogen) atoms. The average molecular weight is 387 g/mol. The second kappa shape index (κ2) is 7.59. The molecule has 0 spiro atoms.